The van der Waals surface area contributed by atoms with Crippen LogP contribution in [-0.2, 0) is 9.53 Å². The molecule has 0 N–H and O–H groups in total. The van der Waals surface area contributed by atoms with Crippen molar-refractivity contribution in [2.75, 3.05) is 26.8 Å². The van der Waals surface area contributed by atoms with Crippen molar-refractivity contribution >= 4 is 5.97 Å². The Kier molecular flexibility index (Phi) is 7.23. The second-order valence-corrected chi connectivity index (χ2v) is 4.98. The van der Waals surface area contributed by atoms with Gasteiger partial charge in [0.25, 0.3) is 0 Å². The monoisotopic (exact) mass is 293 g/mol. The summed E-state index contributed by atoms with van der Waals surface area (Å²) in [7, 11) is 1.67. The Bertz CT molecular complexity index is 455. The van der Waals surface area contributed by atoms with Crippen LogP contribution < -0.4 is 4.74 Å². The van der Waals surface area contributed by atoms with Crippen molar-refractivity contribution in [3.8, 4) is 5.75 Å². The Morgan fingerprint density at radius 3 is 2.38 bits per heavy atom. The Balaban J connectivity index is 3.04. The number of nitrogens with zero attached hydrogens (tertiary/aromatic N) is 1. The summed E-state index contributed by atoms with van der Waals surface area (Å²) >= 11 is 0. The van der Waals surface area contributed by atoms with Crippen molar-refractivity contribution in [2.45, 2.75) is 40.2 Å². The molecular formula is C17H27NO3. The molecule has 118 valence electrons. The van der Waals surface area contributed by atoms with Gasteiger partial charge in [-0.2, -0.15) is 0 Å². The molecule has 0 aliphatic carbocycles. The first-order valence-corrected chi connectivity index (χ1v) is 7.61. The predicted molar refractivity (Wildman–Crippen MR) is 84.6 cm³/mol. The number of hydrogen-bond donors (Lipinski definition) is 0. The van der Waals surface area contributed by atoms with Crippen LogP contribution in [0, 0.1) is 6.92 Å². The van der Waals surface area contributed by atoms with E-state index < -0.39 is 0 Å². The summed E-state index contributed by atoms with van der Waals surface area (Å²) in [6.45, 7) is 10.3. The molecule has 0 spiro atoms. The number of hydrogen-bond acceptors (Lipinski definition) is 4. The fourth-order valence-corrected chi connectivity index (χ4v) is 2.61. The highest BCUT2D eigenvalue weighted by atomic mass is 16.5. The zero-order chi connectivity index (χ0) is 15.8. The number of ether oxygens (including phenoxy) is 2. The minimum atomic E-state index is -0.150. The van der Waals surface area contributed by atoms with E-state index in [1.54, 1.807) is 7.11 Å². The summed E-state index contributed by atoms with van der Waals surface area (Å²) < 4.78 is 10.4. The van der Waals surface area contributed by atoms with Crippen LogP contribution in [0.15, 0.2) is 18.2 Å². The highest BCUT2D eigenvalue weighted by molar-refractivity contribution is 5.70. The second-order valence-electron chi connectivity index (χ2n) is 4.98. The average Bonchev–Trinajstić information content (AvgIpc) is 2.47. The molecule has 0 amide bonds. The molecule has 4 heteroatoms. The molecule has 4 nitrogen and oxygen atoms in total. The maximum atomic E-state index is 11.9. The van der Waals surface area contributed by atoms with E-state index in [4.69, 9.17) is 9.47 Å². The molecule has 1 rings (SSSR count). The van der Waals surface area contributed by atoms with Gasteiger partial charge < -0.3 is 9.47 Å². The molecule has 0 bridgehead atoms. The number of esters is 1. The molecule has 0 aromatic heterocycles. The lowest BCUT2D eigenvalue weighted by Crippen LogP contribution is -2.30. The van der Waals surface area contributed by atoms with Crippen molar-refractivity contribution < 1.29 is 14.3 Å². The van der Waals surface area contributed by atoms with Gasteiger partial charge in [-0.25, -0.2) is 0 Å². The lowest BCUT2D eigenvalue weighted by molar-refractivity contribution is -0.144. The van der Waals surface area contributed by atoms with Gasteiger partial charge in [-0.1, -0.05) is 26.0 Å². The normalized spacial score (nSPS) is 12.3. The molecule has 21 heavy (non-hydrogen) atoms. The Hall–Kier alpha value is -1.55. The van der Waals surface area contributed by atoms with Crippen molar-refractivity contribution in [3.63, 3.8) is 0 Å². The van der Waals surface area contributed by atoms with Crippen LogP contribution in [0.25, 0.3) is 0 Å². The van der Waals surface area contributed by atoms with Crippen LogP contribution in [0.5, 0.6) is 5.75 Å². The lowest BCUT2D eigenvalue weighted by Gasteiger charge is -2.29. The van der Waals surface area contributed by atoms with Gasteiger partial charge in [0.15, 0.2) is 0 Å². The van der Waals surface area contributed by atoms with Gasteiger partial charge in [0.2, 0.25) is 0 Å². The number of benzene rings is 1. The molecule has 0 aliphatic rings. The van der Waals surface area contributed by atoms with Crippen LogP contribution in [-0.4, -0.2) is 37.7 Å². The average molecular weight is 293 g/mol. The first-order valence-electron chi connectivity index (χ1n) is 7.61. The SMILES string of the molecule is CCOC(=O)CC(c1ccc(OC)c(C)c1)N(CC)CC. The van der Waals surface area contributed by atoms with Crippen molar-refractivity contribution in [1.29, 1.82) is 0 Å². The van der Waals surface area contributed by atoms with Crippen molar-refractivity contribution in [1.82, 2.24) is 4.90 Å². The molecule has 0 saturated carbocycles. The van der Waals surface area contributed by atoms with Gasteiger partial charge >= 0.3 is 5.97 Å². The van der Waals surface area contributed by atoms with E-state index in [0.29, 0.717) is 13.0 Å². The highest BCUT2D eigenvalue weighted by Crippen LogP contribution is 2.28. The Morgan fingerprint density at radius 1 is 1.24 bits per heavy atom. The van der Waals surface area contributed by atoms with Gasteiger partial charge in [0, 0.05) is 6.04 Å². The van der Waals surface area contributed by atoms with E-state index in [1.807, 2.05) is 26.0 Å². The molecule has 1 aromatic carbocycles. The number of aryl methyl sites for hydroxylation is 1. The van der Waals surface area contributed by atoms with Crippen molar-refractivity contribution in [3.05, 3.63) is 29.3 Å². The number of methoxy groups -OCH3 is 1. The van der Waals surface area contributed by atoms with Gasteiger partial charge in [-0.15, -0.1) is 0 Å². The fraction of sp³-hybridized carbons (Fsp3) is 0.588. The molecule has 0 aliphatic heterocycles. The number of carbonyl (C=O) groups excluding carboxylic acids is 1. The molecule has 0 fully saturated rings. The number of carbonyl (C=O) groups is 1. The predicted octanol–water partition coefficient (Wildman–Crippen LogP) is 3.34. The van der Waals surface area contributed by atoms with Crippen LogP contribution in [0.1, 0.15) is 44.4 Å². The van der Waals surface area contributed by atoms with E-state index in [1.165, 1.54) is 0 Å². The van der Waals surface area contributed by atoms with Crippen LogP contribution >= 0.6 is 0 Å². The third-order valence-electron chi connectivity index (χ3n) is 3.72. The number of rotatable bonds is 8. The van der Waals surface area contributed by atoms with E-state index in [-0.39, 0.29) is 12.0 Å². The summed E-state index contributed by atoms with van der Waals surface area (Å²) in [6, 6.07) is 6.14. The maximum absolute atomic E-state index is 11.9. The smallest absolute Gasteiger partial charge is 0.307 e. The van der Waals surface area contributed by atoms with Gasteiger partial charge in [0.05, 0.1) is 20.1 Å². The molecule has 0 heterocycles. The third-order valence-corrected chi connectivity index (χ3v) is 3.72. The van der Waals surface area contributed by atoms with Crippen LogP contribution in [0.2, 0.25) is 0 Å². The molecule has 0 saturated heterocycles. The first kappa shape index (κ1) is 17.5. The zero-order valence-electron chi connectivity index (χ0n) is 13.8. The minimum Gasteiger partial charge on any atom is -0.496 e. The van der Waals surface area contributed by atoms with Crippen molar-refractivity contribution in [2.24, 2.45) is 0 Å². The Labute approximate surface area is 128 Å². The largest absolute Gasteiger partial charge is 0.496 e. The molecule has 1 unspecified atom stereocenters. The van der Waals surface area contributed by atoms with E-state index >= 15 is 0 Å². The lowest BCUT2D eigenvalue weighted by atomic mass is 9.99. The standard InChI is InChI=1S/C17H27NO3/c1-6-18(7-2)15(12-17(19)21-8-3)14-9-10-16(20-5)13(4)11-14/h9-11,15H,6-8,12H2,1-5H3. The van der Waals surface area contributed by atoms with Crippen LogP contribution in [0.3, 0.4) is 0 Å². The summed E-state index contributed by atoms with van der Waals surface area (Å²) in [4.78, 5) is 14.2. The summed E-state index contributed by atoms with van der Waals surface area (Å²) in [5, 5.41) is 0. The molecule has 1 atom stereocenters. The maximum Gasteiger partial charge on any atom is 0.307 e. The van der Waals surface area contributed by atoms with E-state index in [9.17, 15) is 4.79 Å². The van der Waals surface area contributed by atoms with Gasteiger partial charge in [0.1, 0.15) is 5.75 Å². The summed E-state index contributed by atoms with van der Waals surface area (Å²) in [5.41, 5.74) is 2.21. The quantitative estimate of drug-likeness (QED) is 0.689. The van der Waals surface area contributed by atoms with Gasteiger partial charge in [-0.05, 0) is 44.1 Å². The molecule has 0 radical (unpaired) electrons. The Morgan fingerprint density at radius 2 is 1.90 bits per heavy atom. The summed E-state index contributed by atoms with van der Waals surface area (Å²) in [6.07, 6.45) is 0.376. The van der Waals surface area contributed by atoms with Crippen LogP contribution in [0.4, 0.5) is 0 Å². The fourth-order valence-electron chi connectivity index (χ4n) is 2.61. The minimum absolute atomic E-state index is 0.0451. The topological polar surface area (TPSA) is 38.8 Å². The first-order chi connectivity index (χ1) is 10.1. The molecular weight excluding hydrogens is 266 g/mol. The third kappa shape index (κ3) is 4.74. The second kappa shape index (κ2) is 8.67. The highest BCUT2D eigenvalue weighted by Gasteiger charge is 2.22. The van der Waals surface area contributed by atoms with E-state index in [2.05, 4.69) is 24.8 Å². The van der Waals surface area contributed by atoms with E-state index in [0.717, 1.165) is 30.0 Å². The summed E-state index contributed by atoms with van der Waals surface area (Å²) in [5.74, 6) is 0.719. The van der Waals surface area contributed by atoms with Gasteiger partial charge in [-0.3, -0.25) is 9.69 Å². The molecule has 1 aromatic rings. The zero-order valence-corrected chi connectivity index (χ0v) is 13.8.